The maximum Gasteiger partial charge on any atom is 0.238 e. The van der Waals surface area contributed by atoms with Crippen LogP contribution in [0.4, 0.5) is 0 Å². The Morgan fingerprint density at radius 3 is 2.21 bits per heavy atom. The van der Waals surface area contributed by atoms with E-state index < -0.39 is 10.0 Å². The van der Waals surface area contributed by atoms with Crippen LogP contribution in [-0.4, -0.2) is 19.3 Å². The minimum absolute atomic E-state index is 0.0457. The molecule has 142 valence electrons. The first-order valence-corrected chi connectivity index (χ1v) is 10.0. The minimum Gasteiger partial charge on any atom is -0.508 e. The fourth-order valence-electron chi connectivity index (χ4n) is 2.79. The summed E-state index contributed by atoms with van der Waals surface area (Å²) in [7, 11) is -3.86. The number of benzene rings is 3. The van der Waals surface area contributed by atoms with E-state index in [4.69, 9.17) is 5.14 Å². The van der Waals surface area contributed by atoms with E-state index >= 15 is 0 Å². The van der Waals surface area contributed by atoms with E-state index in [0.717, 1.165) is 11.1 Å². The fourth-order valence-corrected chi connectivity index (χ4v) is 3.53. The number of aryl methyl sites for hydroxylation is 1. The van der Waals surface area contributed by atoms with Crippen molar-refractivity contribution in [1.82, 2.24) is 0 Å². The molecule has 0 aliphatic rings. The molecule has 0 spiro atoms. The average molecular weight is 393 g/mol. The van der Waals surface area contributed by atoms with Gasteiger partial charge < -0.3 is 5.11 Å². The number of aromatic hydroxyl groups is 1. The standard InChI is InChI=1S/C22H19NO4S/c1-15-2-13-22(28(23,26)27)20(14-15)17-6-8-18(9-7-17)21(25)12-5-16-3-10-19(24)11-4-16/h2-14,24H,1H3,(H2,23,26,27). The molecule has 0 fully saturated rings. The zero-order valence-electron chi connectivity index (χ0n) is 15.2. The van der Waals surface area contributed by atoms with Crippen LogP contribution in [0.2, 0.25) is 0 Å². The lowest BCUT2D eigenvalue weighted by molar-refractivity contribution is 0.104. The summed E-state index contributed by atoms with van der Waals surface area (Å²) in [5.74, 6) is -0.0235. The second-order valence-electron chi connectivity index (χ2n) is 6.41. The number of sulfonamides is 1. The lowest BCUT2D eigenvalue weighted by Crippen LogP contribution is -2.13. The lowest BCUT2D eigenvalue weighted by Gasteiger charge is -2.10. The summed E-state index contributed by atoms with van der Waals surface area (Å²) in [6.45, 7) is 1.86. The molecule has 3 rings (SSSR count). The van der Waals surface area contributed by atoms with Crippen LogP contribution in [0.25, 0.3) is 17.2 Å². The molecule has 0 aliphatic carbocycles. The van der Waals surface area contributed by atoms with Crippen molar-refractivity contribution in [3.63, 3.8) is 0 Å². The predicted octanol–water partition coefficient (Wildman–Crippen LogP) is 3.91. The molecule has 3 aromatic carbocycles. The van der Waals surface area contributed by atoms with Crippen LogP contribution in [0.5, 0.6) is 5.75 Å². The van der Waals surface area contributed by atoms with Gasteiger partial charge in [0.15, 0.2) is 5.78 Å². The van der Waals surface area contributed by atoms with Gasteiger partial charge in [0.25, 0.3) is 0 Å². The Kier molecular flexibility index (Phi) is 5.44. The number of hydrogen-bond donors (Lipinski definition) is 2. The van der Waals surface area contributed by atoms with Crippen LogP contribution in [0, 0.1) is 6.92 Å². The number of primary sulfonamides is 1. The van der Waals surface area contributed by atoms with Crippen molar-refractivity contribution in [2.45, 2.75) is 11.8 Å². The van der Waals surface area contributed by atoms with Crippen molar-refractivity contribution >= 4 is 21.9 Å². The van der Waals surface area contributed by atoms with Crippen molar-refractivity contribution in [2.24, 2.45) is 5.14 Å². The first kappa shape index (κ1) is 19.5. The Bertz CT molecular complexity index is 1150. The highest BCUT2D eigenvalue weighted by Gasteiger charge is 2.15. The zero-order chi connectivity index (χ0) is 20.3. The summed E-state index contributed by atoms with van der Waals surface area (Å²) in [5, 5.41) is 14.6. The molecule has 0 saturated carbocycles. The van der Waals surface area contributed by atoms with E-state index in [1.165, 1.54) is 12.1 Å². The Balaban J connectivity index is 1.87. The molecule has 0 amide bonds. The third-order valence-corrected chi connectivity index (χ3v) is 5.21. The van der Waals surface area contributed by atoms with Crippen LogP contribution in [0.1, 0.15) is 21.5 Å². The Morgan fingerprint density at radius 1 is 0.964 bits per heavy atom. The van der Waals surface area contributed by atoms with Crippen molar-refractivity contribution in [3.8, 4) is 16.9 Å². The van der Waals surface area contributed by atoms with Gasteiger partial charge >= 0.3 is 0 Å². The van der Waals surface area contributed by atoms with Gasteiger partial charge in [-0.2, -0.15) is 0 Å². The van der Waals surface area contributed by atoms with Gasteiger partial charge in [-0.05, 0) is 42.3 Å². The van der Waals surface area contributed by atoms with Gasteiger partial charge in [0.2, 0.25) is 10.0 Å². The molecule has 0 unspecified atom stereocenters. The molecule has 6 heteroatoms. The van der Waals surface area contributed by atoms with E-state index in [-0.39, 0.29) is 16.4 Å². The van der Waals surface area contributed by atoms with E-state index in [1.807, 2.05) is 6.92 Å². The highest BCUT2D eigenvalue weighted by atomic mass is 32.2. The van der Waals surface area contributed by atoms with E-state index in [9.17, 15) is 18.3 Å². The second-order valence-corrected chi connectivity index (χ2v) is 7.94. The number of allylic oxidation sites excluding steroid dienone is 1. The molecule has 3 aromatic rings. The quantitative estimate of drug-likeness (QED) is 0.507. The number of rotatable bonds is 5. The first-order chi connectivity index (χ1) is 13.2. The monoisotopic (exact) mass is 393 g/mol. The summed E-state index contributed by atoms with van der Waals surface area (Å²) in [5.41, 5.74) is 3.33. The van der Waals surface area contributed by atoms with Gasteiger partial charge in [-0.3, -0.25) is 4.79 Å². The molecule has 0 radical (unpaired) electrons. The van der Waals surface area contributed by atoms with Gasteiger partial charge in [0.05, 0.1) is 4.90 Å². The number of carbonyl (C=O) groups excluding carboxylic acids is 1. The average Bonchev–Trinajstić information content (AvgIpc) is 2.66. The Hall–Kier alpha value is -3.22. The molecule has 28 heavy (non-hydrogen) atoms. The van der Waals surface area contributed by atoms with Crippen LogP contribution in [0.3, 0.4) is 0 Å². The third kappa shape index (κ3) is 4.54. The fraction of sp³-hybridized carbons (Fsp3) is 0.0455. The zero-order valence-corrected chi connectivity index (χ0v) is 16.0. The maximum atomic E-state index is 12.4. The number of hydrogen-bond acceptors (Lipinski definition) is 4. The minimum atomic E-state index is -3.86. The highest BCUT2D eigenvalue weighted by Crippen LogP contribution is 2.28. The number of phenolic OH excluding ortho intramolecular Hbond substituents is 1. The molecule has 0 bridgehead atoms. The maximum absolute atomic E-state index is 12.4. The largest absolute Gasteiger partial charge is 0.508 e. The van der Waals surface area contributed by atoms with Crippen LogP contribution >= 0.6 is 0 Å². The summed E-state index contributed by atoms with van der Waals surface area (Å²) in [4.78, 5) is 12.4. The van der Waals surface area contributed by atoms with Gasteiger partial charge in [-0.25, -0.2) is 13.6 Å². The van der Waals surface area contributed by atoms with E-state index in [0.29, 0.717) is 16.7 Å². The van der Waals surface area contributed by atoms with Gasteiger partial charge in [0.1, 0.15) is 5.75 Å². The summed E-state index contributed by atoms with van der Waals surface area (Å²) in [6, 6.07) is 18.1. The first-order valence-electron chi connectivity index (χ1n) is 8.49. The Labute approximate surface area is 163 Å². The second kappa shape index (κ2) is 7.80. The van der Waals surface area contributed by atoms with Crippen LogP contribution in [-0.2, 0) is 10.0 Å². The molecule has 0 atom stereocenters. The number of nitrogens with two attached hydrogens (primary N) is 1. The number of carbonyl (C=O) groups is 1. The number of phenols is 1. The van der Waals surface area contributed by atoms with E-state index in [2.05, 4.69) is 0 Å². The smallest absolute Gasteiger partial charge is 0.238 e. The van der Waals surface area contributed by atoms with Gasteiger partial charge in [-0.1, -0.05) is 60.2 Å². The molecular formula is C22H19NO4S. The molecule has 0 heterocycles. The molecule has 0 aliphatic heterocycles. The lowest BCUT2D eigenvalue weighted by atomic mass is 10.0. The normalized spacial score (nSPS) is 11.6. The van der Waals surface area contributed by atoms with E-state index in [1.54, 1.807) is 66.7 Å². The summed E-state index contributed by atoms with van der Waals surface area (Å²) >= 11 is 0. The van der Waals surface area contributed by atoms with Gasteiger partial charge in [-0.15, -0.1) is 0 Å². The van der Waals surface area contributed by atoms with Gasteiger partial charge in [0, 0.05) is 11.1 Å². The molecular weight excluding hydrogens is 374 g/mol. The molecule has 3 N–H and O–H groups in total. The molecule has 5 nitrogen and oxygen atoms in total. The number of ketones is 1. The SMILES string of the molecule is Cc1ccc(S(N)(=O)=O)c(-c2ccc(C(=O)C=Cc3ccc(O)cc3)cc2)c1. The highest BCUT2D eigenvalue weighted by molar-refractivity contribution is 7.89. The summed E-state index contributed by atoms with van der Waals surface area (Å²) in [6.07, 6.45) is 3.11. The van der Waals surface area contributed by atoms with Crippen molar-refractivity contribution in [3.05, 3.63) is 89.5 Å². The summed E-state index contributed by atoms with van der Waals surface area (Å²) < 4.78 is 23.7. The Morgan fingerprint density at radius 2 is 1.61 bits per heavy atom. The third-order valence-electron chi connectivity index (χ3n) is 4.24. The van der Waals surface area contributed by atoms with Crippen molar-refractivity contribution < 1.29 is 18.3 Å². The van der Waals surface area contributed by atoms with Crippen LogP contribution < -0.4 is 5.14 Å². The predicted molar refractivity (Wildman–Crippen MR) is 109 cm³/mol. The topological polar surface area (TPSA) is 97.5 Å². The van der Waals surface area contributed by atoms with Crippen molar-refractivity contribution in [1.29, 1.82) is 0 Å². The van der Waals surface area contributed by atoms with Crippen LogP contribution in [0.15, 0.2) is 77.7 Å². The molecule has 0 aromatic heterocycles. The molecule has 0 saturated heterocycles. The van der Waals surface area contributed by atoms with Crippen molar-refractivity contribution in [2.75, 3.05) is 0 Å².